The Labute approximate surface area is 122 Å². The second kappa shape index (κ2) is 5.85. The van der Waals surface area contributed by atoms with Crippen molar-refractivity contribution in [2.24, 2.45) is 0 Å². The van der Waals surface area contributed by atoms with Gasteiger partial charge < -0.3 is 14.6 Å². The smallest absolute Gasteiger partial charge is 0.135 e. The first-order chi connectivity index (χ1) is 9.78. The summed E-state index contributed by atoms with van der Waals surface area (Å²) in [5, 5.41) is 12.2. The van der Waals surface area contributed by atoms with Gasteiger partial charge in [0.25, 0.3) is 0 Å². The molecule has 2 heterocycles. The van der Waals surface area contributed by atoms with Gasteiger partial charge in [-0.05, 0) is 41.5 Å². The van der Waals surface area contributed by atoms with Crippen LogP contribution < -0.4 is 9.47 Å². The third-order valence-electron chi connectivity index (χ3n) is 3.64. The van der Waals surface area contributed by atoms with Gasteiger partial charge in [0.2, 0.25) is 0 Å². The molecule has 3 nitrogen and oxygen atoms in total. The summed E-state index contributed by atoms with van der Waals surface area (Å²) in [5.74, 6) is 1.79. The largest absolute Gasteiger partial charge is 0.495 e. The zero-order valence-electron chi connectivity index (χ0n) is 11.5. The van der Waals surface area contributed by atoms with E-state index in [1.165, 1.54) is 11.1 Å². The van der Waals surface area contributed by atoms with Crippen molar-refractivity contribution in [2.45, 2.75) is 25.4 Å². The van der Waals surface area contributed by atoms with Crippen molar-refractivity contribution in [3.05, 3.63) is 45.6 Å². The van der Waals surface area contributed by atoms with Crippen LogP contribution in [-0.2, 0) is 12.8 Å². The molecule has 20 heavy (non-hydrogen) atoms. The van der Waals surface area contributed by atoms with Gasteiger partial charge in [-0.15, -0.1) is 11.3 Å². The molecule has 1 unspecified atom stereocenters. The van der Waals surface area contributed by atoms with Gasteiger partial charge in [-0.3, -0.25) is 0 Å². The average molecular weight is 290 g/mol. The van der Waals surface area contributed by atoms with E-state index in [0.29, 0.717) is 6.42 Å². The number of rotatable bonds is 5. The van der Waals surface area contributed by atoms with Crippen LogP contribution >= 0.6 is 11.3 Å². The lowest BCUT2D eigenvalue weighted by Crippen LogP contribution is -1.99. The molecular formula is C16H18O3S. The van der Waals surface area contributed by atoms with Crippen LogP contribution in [0.5, 0.6) is 11.5 Å². The number of aryl methyl sites for hydroxylation is 1. The van der Waals surface area contributed by atoms with Crippen molar-refractivity contribution in [3.63, 3.8) is 0 Å². The van der Waals surface area contributed by atoms with Crippen LogP contribution in [-0.4, -0.2) is 18.8 Å². The SMILES string of the molecule is COc1ccsc1C(O)CCc1ccc2c(c1)CCO2. The molecular weight excluding hydrogens is 272 g/mol. The van der Waals surface area contributed by atoms with Crippen molar-refractivity contribution < 1.29 is 14.6 Å². The zero-order chi connectivity index (χ0) is 13.9. The lowest BCUT2D eigenvalue weighted by Gasteiger charge is -2.11. The molecule has 106 valence electrons. The van der Waals surface area contributed by atoms with E-state index in [1.807, 2.05) is 17.5 Å². The van der Waals surface area contributed by atoms with Crippen molar-refractivity contribution in [1.82, 2.24) is 0 Å². The normalized spacial score (nSPS) is 14.7. The summed E-state index contributed by atoms with van der Waals surface area (Å²) < 4.78 is 10.8. The van der Waals surface area contributed by atoms with Crippen molar-refractivity contribution in [2.75, 3.05) is 13.7 Å². The van der Waals surface area contributed by atoms with E-state index in [-0.39, 0.29) is 0 Å². The fourth-order valence-corrected chi connectivity index (χ4v) is 3.43. The predicted molar refractivity (Wildman–Crippen MR) is 79.8 cm³/mol. The fourth-order valence-electron chi connectivity index (χ4n) is 2.55. The maximum Gasteiger partial charge on any atom is 0.135 e. The van der Waals surface area contributed by atoms with Crippen LogP contribution in [0.25, 0.3) is 0 Å². The lowest BCUT2D eigenvalue weighted by atomic mass is 10.0. The molecule has 1 aliphatic rings. The van der Waals surface area contributed by atoms with Gasteiger partial charge in [0.1, 0.15) is 11.5 Å². The summed E-state index contributed by atoms with van der Waals surface area (Å²) in [5.41, 5.74) is 2.54. The monoisotopic (exact) mass is 290 g/mol. The summed E-state index contributed by atoms with van der Waals surface area (Å²) in [7, 11) is 1.64. The number of aliphatic hydroxyl groups excluding tert-OH is 1. The first-order valence-corrected chi connectivity index (χ1v) is 7.70. The van der Waals surface area contributed by atoms with Crippen molar-refractivity contribution >= 4 is 11.3 Å². The standard InChI is InChI=1S/C16H18O3S/c1-18-15-7-9-20-16(15)13(17)4-2-11-3-5-14-12(10-11)6-8-19-14/h3,5,7,9-10,13,17H,2,4,6,8H2,1H3. The van der Waals surface area contributed by atoms with Gasteiger partial charge in [0.05, 0.1) is 24.7 Å². The number of thiophene rings is 1. The molecule has 4 heteroatoms. The summed E-state index contributed by atoms with van der Waals surface area (Å²) in [6, 6.07) is 8.22. The highest BCUT2D eigenvalue weighted by Crippen LogP contribution is 2.33. The molecule has 1 aromatic carbocycles. The van der Waals surface area contributed by atoms with E-state index in [2.05, 4.69) is 12.1 Å². The van der Waals surface area contributed by atoms with Crippen LogP contribution in [0.15, 0.2) is 29.6 Å². The first-order valence-electron chi connectivity index (χ1n) is 6.82. The van der Waals surface area contributed by atoms with Crippen LogP contribution in [0, 0.1) is 0 Å². The summed E-state index contributed by atoms with van der Waals surface area (Å²) in [6.07, 6.45) is 2.09. The van der Waals surface area contributed by atoms with Gasteiger partial charge in [0.15, 0.2) is 0 Å². The third-order valence-corrected chi connectivity index (χ3v) is 4.64. The highest BCUT2D eigenvalue weighted by Gasteiger charge is 2.16. The number of hydrogen-bond donors (Lipinski definition) is 1. The maximum atomic E-state index is 10.3. The number of aliphatic hydroxyl groups is 1. The molecule has 2 aromatic rings. The highest BCUT2D eigenvalue weighted by atomic mass is 32.1. The number of ether oxygens (including phenoxy) is 2. The van der Waals surface area contributed by atoms with Crippen LogP contribution in [0.1, 0.15) is 28.5 Å². The Kier molecular flexibility index (Phi) is 3.94. The van der Waals surface area contributed by atoms with E-state index in [9.17, 15) is 5.11 Å². The molecule has 1 aromatic heterocycles. The van der Waals surface area contributed by atoms with Crippen molar-refractivity contribution in [1.29, 1.82) is 0 Å². The number of fused-ring (bicyclic) bond motifs is 1. The molecule has 1 atom stereocenters. The van der Waals surface area contributed by atoms with Gasteiger partial charge in [-0.1, -0.05) is 12.1 Å². The van der Waals surface area contributed by atoms with E-state index in [1.54, 1.807) is 18.4 Å². The van der Waals surface area contributed by atoms with E-state index in [0.717, 1.165) is 35.8 Å². The van der Waals surface area contributed by atoms with Gasteiger partial charge in [0, 0.05) is 6.42 Å². The molecule has 0 aliphatic carbocycles. The minimum atomic E-state index is -0.463. The summed E-state index contributed by atoms with van der Waals surface area (Å²) >= 11 is 1.54. The zero-order valence-corrected chi connectivity index (χ0v) is 12.3. The Balaban J connectivity index is 1.64. The topological polar surface area (TPSA) is 38.7 Å². The fraction of sp³-hybridized carbons (Fsp3) is 0.375. The molecule has 0 radical (unpaired) electrons. The lowest BCUT2D eigenvalue weighted by molar-refractivity contribution is 0.168. The molecule has 3 rings (SSSR count). The Morgan fingerprint density at radius 3 is 3.15 bits per heavy atom. The predicted octanol–water partition coefficient (Wildman–Crippen LogP) is 3.36. The average Bonchev–Trinajstić information content (AvgIpc) is 3.12. The molecule has 0 bridgehead atoms. The number of methoxy groups -OCH3 is 1. The summed E-state index contributed by atoms with van der Waals surface area (Å²) in [4.78, 5) is 0.914. The van der Waals surface area contributed by atoms with Crippen LogP contribution in [0.3, 0.4) is 0 Å². The van der Waals surface area contributed by atoms with E-state index in [4.69, 9.17) is 9.47 Å². The maximum absolute atomic E-state index is 10.3. The van der Waals surface area contributed by atoms with Gasteiger partial charge in [-0.25, -0.2) is 0 Å². The van der Waals surface area contributed by atoms with Gasteiger partial charge in [-0.2, -0.15) is 0 Å². The molecule has 0 amide bonds. The third kappa shape index (κ3) is 2.67. The quantitative estimate of drug-likeness (QED) is 0.917. The molecule has 1 N–H and O–H groups in total. The second-order valence-corrected chi connectivity index (χ2v) is 5.90. The second-order valence-electron chi connectivity index (χ2n) is 4.95. The molecule has 0 saturated heterocycles. The van der Waals surface area contributed by atoms with Crippen LogP contribution in [0.4, 0.5) is 0 Å². The molecule has 1 aliphatic heterocycles. The minimum Gasteiger partial charge on any atom is -0.495 e. The van der Waals surface area contributed by atoms with E-state index < -0.39 is 6.10 Å². The van der Waals surface area contributed by atoms with Crippen molar-refractivity contribution in [3.8, 4) is 11.5 Å². The number of benzene rings is 1. The number of hydrogen-bond acceptors (Lipinski definition) is 4. The highest BCUT2D eigenvalue weighted by molar-refractivity contribution is 7.10. The van der Waals surface area contributed by atoms with Gasteiger partial charge >= 0.3 is 0 Å². The molecule has 0 spiro atoms. The Bertz CT molecular complexity index is 591. The minimum absolute atomic E-state index is 0.463. The Hall–Kier alpha value is -1.52. The molecule has 0 saturated carbocycles. The Morgan fingerprint density at radius 1 is 1.40 bits per heavy atom. The molecule has 0 fully saturated rings. The summed E-state index contributed by atoms with van der Waals surface area (Å²) in [6.45, 7) is 0.786. The Morgan fingerprint density at radius 2 is 2.30 bits per heavy atom. The van der Waals surface area contributed by atoms with E-state index >= 15 is 0 Å². The first kappa shape index (κ1) is 13.5. The van der Waals surface area contributed by atoms with Crippen LogP contribution in [0.2, 0.25) is 0 Å².